The van der Waals surface area contributed by atoms with Gasteiger partial charge in [-0.25, -0.2) is 9.78 Å². The summed E-state index contributed by atoms with van der Waals surface area (Å²) in [6.07, 6.45) is -0.357. The number of hydrogen-bond acceptors (Lipinski definition) is 5. The molecule has 0 aliphatic rings. The normalized spacial score (nSPS) is 12.6. The molecule has 0 aliphatic carbocycles. The average molecular weight is 327 g/mol. The maximum absolute atomic E-state index is 12.0. The van der Waals surface area contributed by atoms with Crippen molar-refractivity contribution in [3.05, 3.63) is 16.1 Å². The molecule has 1 aromatic heterocycles. The second-order valence-corrected chi connectivity index (χ2v) is 7.30. The summed E-state index contributed by atoms with van der Waals surface area (Å²) < 4.78 is 5.29. The molecule has 2 amide bonds. The fourth-order valence-electron chi connectivity index (χ4n) is 1.81. The number of carbonyl (C=O) groups is 2. The molecule has 0 fully saturated rings. The van der Waals surface area contributed by atoms with Crippen LogP contribution in [0.1, 0.15) is 43.1 Å². The molecule has 6 nitrogen and oxygen atoms in total. The third-order valence-corrected chi connectivity index (χ3v) is 3.78. The zero-order valence-electron chi connectivity index (χ0n) is 14.1. The molecule has 0 aromatic carbocycles. The van der Waals surface area contributed by atoms with E-state index in [1.54, 1.807) is 12.6 Å². The number of aryl methyl sites for hydroxylation is 1. The van der Waals surface area contributed by atoms with Gasteiger partial charge in [-0.05, 0) is 33.6 Å². The molecule has 0 aliphatic heterocycles. The molecular formula is C15H25N3O3S. The lowest BCUT2D eigenvalue weighted by Gasteiger charge is -2.26. The molecule has 1 atom stereocenters. The van der Waals surface area contributed by atoms with E-state index in [9.17, 15) is 9.59 Å². The van der Waals surface area contributed by atoms with Crippen LogP contribution >= 0.6 is 11.3 Å². The first-order chi connectivity index (χ1) is 10.1. The Morgan fingerprint density at radius 1 is 1.45 bits per heavy atom. The fourth-order valence-corrected chi connectivity index (χ4v) is 2.53. The highest BCUT2D eigenvalue weighted by atomic mass is 32.1. The SMILES string of the molecule is Cc1ncsc1C(=O)NC[C@H](C)CN(C)C(=O)OC(C)(C)C. The second kappa shape index (κ2) is 7.58. The summed E-state index contributed by atoms with van der Waals surface area (Å²) in [6, 6.07) is 0. The predicted octanol–water partition coefficient (Wildman–Crippen LogP) is 2.68. The first-order valence-corrected chi connectivity index (χ1v) is 8.10. The molecule has 0 radical (unpaired) electrons. The minimum absolute atomic E-state index is 0.119. The Kier molecular flexibility index (Phi) is 6.34. The fraction of sp³-hybridized carbons (Fsp3) is 0.667. The highest BCUT2D eigenvalue weighted by molar-refractivity contribution is 7.11. The molecule has 0 spiro atoms. The lowest BCUT2D eigenvalue weighted by molar-refractivity contribution is 0.0277. The van der Waals surface area contributed by atoms with Crippen LogP contribution < -0.4 is 5.32 Å². The molecule has 0 unspecified atom stereocenters. The molecule has 0 bridgehead atoms. The Labute approximate surface area is 135 Å². The van der Waals surface area contributed by atoms with Crippen LogP contribution in [0.25, 0.3) is 0 Å². The number of nitrogens with zero attached hydrogens (tertiary/aromatic N) is 2. The van der Waals surface area contributed by atoms with Gasteiger partial charge in [-0.15, -0.1) is 11.3 Å². The van der Waals surface area contributed by atoms with Crippen LogP contribution in [0.15, 0.2) is 5.51 Å². The average Bonchev–Trinajstić information content (AvgIpc) is 2.80. The highest BCUT2D eigenvalue weighted by Gasteiger charge is 2.21. The van der Waals surface area contributed by atoms with E-state index in [-0.39, 0.29) is 17.9 Å². The van der Waals surface area contributed by atoms with E-state index in [0.717, 1.165) is 5.69 Å². The number of amides is 2. The van der Waals surface area contributed by atoms with Crippen LogP contribution in [0, 0.1) is 12.8 Å². The maximum Gasteiger partial charge on any atom is 0.410 e. The van der Waals surface area contributed by atoms with Crippen molar-refractivity contribution in [2.24, 2.45) is 5.92 Å². The van der Waals surface area contributed by atoms with Crippen molar-refractivity contribution in [2.45, 2.75) is 40.2 Å². The Bertz CT molecular complexity index is 522. The van der Waals surface area contributed by atoms with Gasteiger partial charge in [0, 0.05) is 20.1 Å². The molecule has 7 heteroatoms. The minimum atomic E-state index is -0.507. The molecule has 0 saturated heterocycles. The number of thiazole rings is 1. The summed E-state index contributed by atoms with van der Waals surface area (Å²) in [7, 11) is 1.69. The lowest BCUT2D eigenvalue weighted by Crippen LogP contribution is -2.39. The summed E-state index contributed by atoms with van der Waals surface area (Å²) in [5.41, 5.74) is 1.89. The molecule has 1 aromatic rings. The van der Waals surface area contributed by atoms with Crippen LogP contribution in [0.3, 0.4) is 0 Å². The Balaban J connectivity index is 2.40. The minimum Gasteiger partial charge on any atom is -0.444 e. The van der Waals surface area contributed by atoms with Crippen molar-refractivity contribution >= 4 is 23.3 Å². The van der Waals surface area contributed by atoms with E-state index in [2.05, 4.69) is 10.3 Å². The van der Waals surface area contributed by atoms with E-state index < -0.39 is 5.60 Å². The predicted molar refractivity (Wildman–Crippen MR) is 87.2 cm³/mol. The smallest absolute Gasteiger partial charge is 0.410 e. The Morgan fingerprint density at radius 2 is 2.09 bits per heavy atom. The van der Waals surface area contributed by atoms with Gasteiger partial charge in [-0.3, -0.25) is 4.79 Å². The van der Waals surface area contributed by atoms with Gasteiger partial charge in [0.25, 0.3) is 5.91 Å². The van der Waals surface area contributed by atoms with Gasteiger partial charge in [0.15, 0.2) is 0 Å². The van der Waals surface area contributed by atoms with Crippen molar-refractivity contribution in [3.8, 4) is 0 Å². The zero-order valence-corrected chi connectivity index (χ0v) is 14.9. The molecular weight excluding hydrogens is 302 g/mol. The number of hydrogen-bond donors (Lipinski definition) is 1. The molecule has 0 saturated carbocycles. The molecule has 124 valence electrons. The standard InChI is InChI=1S/C15H25N3O3S/c1-10(8-18(6)14(20)21-15(3,4)5)7-16-13(19)12-11(2)17-9-22-12/h9-10H,7-8H2,1-6H3,(H,16,19)/t10-/m0/s1. The largest absolute Gasteiger partial charge is 0.444 e. The zero-order chi connectivity index (χ0) is 16.9. The van der Waals surface area contributed by atoms with E-state index in [0.29, 0.717) is 18.0 Å². The summed E-state index contributed by atoms with van der Waals surface area (Å²) in [6.45, 7) is 10.3. The Hall–Kier alpha value is -1.63. The number of rotatable bonds is 5. The summed E-state index contributed by atoms with van der Waals surface area (Å²) >= 11 is 1.33. The summed E-state index contributed by atoms with van der Waals surface area (Å²) in [5, 5.41) is 2.87. The molecule has 1 N–H and O–H groups in total. The van der Waals surface area contributed by atoms with Crippen molar-refractivity contribution in [1.82, 2.24) is 15.2 Å². The number of aromatic nitrogens is 1. The topological polar surface area (TPSA) is 71.5 Å². The van der Waals surface area contributed by atoms with E-state index in [1.165, 1.54) is 16.2 Å². The van der Waals surface area contributed by atoms with Gasteiger partial charge in [-0.1, -0.05) is 6.92 Å². The number of carbonyl (C=O) groups excluding carboxylic acids is 2. The maximum atomic E-state index is 12.0. The first kappa shape index (κ1) is 18.4. The van der Waals surface area contributed by atoms with Crippen molar-refractivity contribution in [2.75, 3.05) is 20.1 Å². The van der Waals surface area contributed by atoms with Crippen LogP contribution in [-0.4, -0.2) is 47.6 Å². The van der Waals surface area contributed by atoms with Gasteiger partial charge in [0.1, 0.15) is 10.5 Å². The summed E-state index contributed by atoms with van der Waals surface area (Å²) in [5.74, 6) is 0.00136. The quantitative estimate of drug-likeness (QED) is 0.902. The third kappa shape index (κ3) is 6.01. The highest BCUT2D eigenvalue weighted by Crippen LogP contribution is 2.12. The van der Waals surface area contributed by atoms with Gasteiger partial charge >= 0.3 is 6.09 Å². The number of ether oxygens (including phenoxy) is 1. The molecule has 1 heterocycles. The van der Waals surface area contributed by atoms with Crippen LogP contribution in [0.4, 0.5) is 4.79 Å². The van der Waals surface area contributed by atoms with Gasteiger partial charge in [0.2, 0.25) is 0 Å². The molecule has 1 rings (SSSR count). The summed E-state index contributed by atoms with van der Waals surface area (Å²) in [4.78, 5) is 30.1. The first-order valence-electron chi connectivity index (χ1n) is 7.22. The van der Waals surface area contributed by atoms with Crippen LogP contribution in [-0.2, 0) is 4.74 Å². The molecule has 22 heavy (non-hydrogen) atoms. The monoisotopic (exact) mass is 327 g/mol. The van der Waals surface area contributed by atoms with Crippen molar-refractivity contribution < 1.29 is 14.3 Å². The van der Waals surface area contributed by atoms with Gasteiger partial charge in [0.05, 0.1) is 11.2 Å². The van der Waals surface area contributed by atoms with Crippen molar-refractivity contribution in [1.29, 1.82) is 0 Å². The van der Waals surface area contributed by atoms with E-state index >= 15 is 0 Å². The third-order valence-electron chi connectivity index (χ3n) is 2.85. The van der Waals surface area contributed by atoms with Crippen molar-refractivity contribution in [3.63, 3.8) is 0 Å². The lowest BCUT2D eigenvalue weighted by atomic mass is 10.1. The second-order valence-electron chi connectivity index (χ2n) is 6.44. The Morgan fingerprint density at radius 3 is 2.59 bits per heavy atom. The van der Waals surface area contributed by atoms with E-state index in [1.807, 2.05) is 34.6 Å². The van der Waals surface area contributed by atoms with E-state index in [4.69, 9.17) is 4.74 Å². The van der Waals surface area contributed by atoms with Gasteiger partial charge in [-0.2, -0.15) is 0 Å². The number of nitrogens with one attached hydrogen (secondary N) is 1. The van der Waals surface area contributed by atoms with Crippen LogP contribution in [0.5, 0.6) is 0 Å². The van der Waals surface area contributed by atoms with Gasteiger partial charge < -0.3 is 15.0 Å². The van der Waals surface area contributed by atoms with Crippen LogP contribution in [0.2, 0.25) is 0 Å².